The van der Waals surface area contributed by atoms with Gasteiger partial charge in [0.05, 0.1) is 5.69 Å². The van der Waals surface area contributed by atoms with Crippen molar-refractivity contribution in [3.05, 3.63) is 66.5 Å². The second-order valence-electron chi connectivity index (χ2n) is 12.8. The van der Waals surface area contributed by atoms with E-state index in [1.807, 2.05) is 24.3 Å². The molecule has 2 aromatic rings. The SMILES string of the molecule is C=C=CCCCCCN1CCN(c2ccc(-c3cccc(C(=O)NCCCN4CCC(N5CCCCC5)CC4)n3)cc2)CC1. The van der Waals surface area contributed by atoms with E-state index in [4.69, 9.17) is 4.98 Å². The number of allylic oxidation sites excluding steroid dienone is 1. The fraction of sp³-hybridized carbons (Fsp3) is 0.595. The molecule has 3 aliphatic rings. The highest BCUT2D eigenvalue weighted by atomic mass is 16.1. The molecule has 1 aromatic heterocycles. The van der Waals surface area contributed by atoms with E-state index in [-0.39, 0.29) is 5.91 Å². The van der Waals surface area contributed by atoms with Crippen molar-refractivity contribution in [2.24, 2.45) is 0 Å². The van der Waals surface area contributed by atoms with Crippen molar-refractivity contribution < 1.29 is 4.79 Å². The van der Waals surface area contributed by atoms with Crippen molar-refractivity contribution in [1.82, 2.24) is 25.0 Å². The van der Waals surface area contributed by atoms with Crippen LogP contribution in [0.2, 0.25) is 0 Å². The first-order valence-electron chi connectivity index (χ1n) is 17.3. The Hall–Kier alpha value is -2.96. The van der Waals surface area contributed by atoms with E-state index < -0.39 is 0 Å². The zero-order valence-corrected chi connectivity index (χ0v) is 26.9. The van der Waals surface area contributed by atoms with Crippen molar-refractivity contribution in [2.75, 3.05) is 76.9 Å². The smallest absolute Gasteiger partial charge is 0.269 e. The third kappa shape index (κ3) is 9.77. The van der Waals surface area contributed by atoms with Crippen LogP contribution in [0.5, 0.6) is 0 Å². The lowest BCUT2D eigenvalue weighted by molar-refractivity contribution is 0.0901. The van der Waals surface area contributed by atoms with Gasteiger partial charge < -0.3 is 20.0 Å². The van der Waals surface area contributed by atoms with Crippen LogP contribution in [-0.4, -0.2) is 104 Å². The Morgan fingerprint density at radius 3 is 2.32 bits per heavy atom. The van der Waals surface area contributed by atoms with E-state index in [0.717, 1.165) is 62.9 Å². The number of nitrogens with one attached hydrogen (secondary N) is 1. The number of aromatic nitrogens is 1. The van der Waals surface area contributed by atoms with Crippen LogP contribution in [0.15, 0.2) is 60.9 Å². The predicted octanol–water partition coefficient (Wildman–Crippen LogP) is 5.84. The molecule has 7 heteroatoms. The molecule has 238 valence electrons. The van der Waals surface area contributed by atoms with Gasteiger partial charge >= 0.3 is 0 Å². The second kappa shape index (κ2) is 17.5. The summed E-state index contributed by atoms with van der Waals surface area (Å²) in [4.78, 5) is 28.0. The molecule has 3 aliphatic heterocycles. The normalized spacial score (nSPS) is 19.0. The van der Waals surface area contributed by atoms with Gasteiger partial charge in [-0.15, -0.1) is 5.73 Å². The molecule has 44 heavy (non-hydrogen) atoms. The summed E-state index contributed by atoms with van der Waals surface area (Å²) in [5.74, 6) is -0.0845. The number of likely N-dealkylation sites (tertiary alicyclic amines) is 2. The van der Waals surface area contributed by atoms with Gasteiger partial charge in [0.2, 0.25) is 0 Å². The van der Waals surface area contributed by atoms with Gasteiger partial charge in [0.25, 0.3) is 5.91 Å². The van der Waals surface area contributed by atoms with Gasteiger partial charge in [-0.3, -0.25) is 9.69 Å². The highest BCUT2D eigenvalue weighted by Crippen LogP contribution is 2.24. The number of amides is 1. The van der Waals surface area contributed by atoms with Gasteiger partial charge in [0, 0.05) is 50.0 Å². The number of anilines is 1. The number of carbonyl (C=O) groups excluding carboxylic acids is 1. The zero-order valence-electron chi connectivity index (χ0n) is 26.9. The number of benzene rings is 1. The number of hydrogen-bond donors (Lipinski definition) is 1. The average molecular weight is 599 g/mol. The molecule has 0 spiro atoms. The molecule has 1 N–H and O–H groups in total. The summed E-state index contributed by atoms with van der Waals surface area (Å²) in [7, 11) is 0. The van der Waals surface area contributed by atoms with E-state index in [0.29, 0.717) is 12.2 Å². The molecule has 3 fully saturated rings. The Labute approximate surface area is 266 Å². The molecule has 0 aliphatic carbocycles. The zero-order chi connectivity index (χ0) is 30.4. The van der Waals surface area contributed by atoms with Crippen LogP contribution >= 0.6 is 0 Å². The summed E-state index contributed by atoms with van der Waals surface area (Å²) in [5.41, 5.74) is 6.49. The average Bonchev–Trinajstić information content (AvgIpc) is 3.09. The number of unbranched alkanes of at least 4 members (excludes halogenated alkanes) is 3. The van der Waals surface area contributed by atoms with E-state index in [9.17, 15) is 4.79 Å². The lowest BCUT2D eigenvalue weighted by Gasteiger charge is -2.40. The van der Waals surface area contributed by atoms with Gasteiger partial charge in [0.1, 0.15) is 5.69 Å². The summed E-state index contributed by atoms with van der Waals surface area (Å²) >= 11 is 0. The highest BCUT2D eigenvalue weighted by Gasteiger charge is 2.25. The molecule has 0 unspecified atom stereocenters. The van der Waals surface area contributed by atoms with Crippen molar-refractivity contribution >= 4 is 11.6 Å². The van der Waals surface area contributed by atoms with Gasteiger partial charge in [-0.2, -0.15) is 0 Å². The molecule has 7 nitrogen and oxygen atoms in total. The molecule has 0 radical (unpaired) electrons. The molecule has 1 aromatic carbocycles. The van der Waals surface area contributed by atoms with Crippen LogP contribution in [0.4, 0.5) is 5.69 Å². The van der Waals surface area contributed by atoms with E-state index in [1.165, 1.54) is 89.8 Å². The lowest BCUT2D eigenvalue weighted by atomic mass is 10.00. The summed E-state index contributed by atoms with van der Waals surface area (Å²) in [6, 6.07) is 15.2. The first-order valence-corrected chi connectivity index (χ1v) is 17.3. The largest absolute Gasteiger partial charge is 0.369 e. The Morgan fingerprint density at radius 1 is 0.841 bits per heavy atom. The highest BCUT2D eigenvalue weighted by molar-refractivity contribution is 5.92. The quantitative estimate of drug-likeness (QED) is 0.218. The van der Waals surface area contributed by atoms with Crippen LogP contribution in [0.1, 0.15) is 74.7 Å². The monoisotopic (exact) mass is 598 g/mol. The third-order valence-corrected chi connectivity index (χ3v) is 9.75. The Kier molecular flexibility index (Phi) is 12.9. The van der Waals surface area contributed by atoms with Crippen LogP contribution in [0.25, 0.3) is 11.3 Å². The van der Waals surface area contributed by atoms with Crippen LogP contribution in [0, 0.1) is 0 Å². The first kappa shape index (κ1) is 32.4. The summed E-state index contributed by atoms with van der Waals surface area (Å²) in [6.07, 6.45) is 14.6. The van der Waals surface area contributed by atoms with Crippen LogP contribution in [-0.2, 0) is 0 Å². The molecule has 1 amide bonds. The fourth-order valence-electron chi connectivity index (χ4n) is 7.04. The Balaban J connectivity index is 1.00. The number of pyridine rings is 1. The third-order valence-electron chi connectivity index (χ3n) is 9.75. The number of rotatable bonds is 14. The van der Waals surface area contributed by atoms with E-state index >= 15 is 0 Å². The number of nitrogens with zero attached hydrogens (tertiary/aromatic N) is 5. The lowest BCUT2D eigenvalue weighted by Crippen LogP contribution is -2.47. The molecule has 0 atom stereocenters. The summed E-state index contributed by atoms with van der Waals surface area (Å²) in [6.45, 7) is 15.9. The fourth-order valence-corrected chi connectivity index (χ4v) is 7.04. The van der Waals surface area contributed by atoms with Crippen molar-refractivity contribution in [2.45, 2.75) is 70.3 Å². The van der Waals surface area contributed by atoms with Gasteiger partial charge in [0.15, 0.2) is 0 Å². The van der Waals surface area contributed by atoms with Crippen molar-refractivity contribution in [3.63, 3.8) is 0 Å². The second-order valence-corrected chi connectivity index (χ2v) is 12.8. The minimum Gasteiger partial charge on any atom is -0.369 e. The topological polar surface area (TPSA) is 55.0 Å². The molecular formula is C37H54N6O. The minimum atomic E-state index is -0.0845. The maximum atomic E-state index is 12.9. The van der Waals surface area contributed by atoms with E-state index in [1.54, 1.807) is 0 Å². The molecule has 3 saturated heterocycles. The predicted molar refractivity (Wildman–Crippen MR) is 182 cm³/mol. The maximum Gasteiger partial charge on any atom is 0.269 e. The molecule has 0 saturated carbocycles. The van der Waals surface area contributed by atoms with Crippen LogP contribution < -0.4 is 10.2 Å². The van der Waals surface area contributed by atoms with E-state index in [2.05, 4.69) is 61.5 Å². The maximum absolute atomic E-state index is 12.9. The number of piperazine rings is 1. The number of carbonyl (C=O) groups is 1. The number of piperidine rings is 2. The first-order chi connectivity index (χ1) is 21.7. The van der Waals surface area contributed by atoms with Gasteiger partial charge in [-0.05, 0) is 121 Å². The van der Waals surface area contributed by atoms with Crippen molar-refractivity contribution in [1.29, 1.82) is 0 Å². The summed E-state index contributed by atoms with van der Waals surface area (Å²) < 4.78 is 0. The van der Waals surface area contributed by atoms with Crippen molar-refractivity contribution in [3.8, 4) is 11.3 Å². The van der Waals surface area contributed by atoms with Crippen LogP contribution in [0.3, 0.4) is 0 Å². The number of hydrogen-bond acceptors (Lipinski definition) is 6. The van der Waals surface area contributed by atoms with Gasteiger partial charge in [-0.1, -0.05) is 37.6 Å². The Morgan fingerprint density at radius 2 is 1.57 bits per heavy atom. The molecule has 4 heterocycles. The molecule has 5 rings (SSSR count). The Bertz CT molecular complexity index is 1190. The molecule has 0 bridgehead atoms. The van der Waals surface area contributed by atoms with Gasteiger partial charge in [-0.25, -0.2) is 4.98 Å². The standard InChI is InChI=1S/C37H54N6O/c1-2-3-4-5-6-8-22-41-28-30-43(31-29-41)33-17-15-32(16-18-33)35-13-11-14-36(39-35)37(44)38-21-12-23-40-26-19-34(20-27-40)42-24-9-7-10-25-42/h3,11,13-18,34H,1,4-10,12,19-31H2,(H,38,44). The summed E-state index contributed by atoms with van der Waals surface area (Å²) in [5, 5.41) is 3.10. The minimum absolute atomic E-state index is 0.0845. The molecular weight excluding hydrogens is 544 g/mol.